The van der Waals surface area contributed by atoms with E-state index in [0.29, 0.717) is 12.8 Å². The van der Waals surface area contributed by atoms with E-state index < -0.39 is 9.84 Å². The Kier molecular flexibility index (Phi) is 4.99. The van der Waals surface area contributed by atoms with E-state index in [4.69, 9.17) is 0 Å². The molecule has 13 heavy (non-hydrogen) atoms. The Labute approximate surface area is 81.3 Å². The largest absolute Gasteiger partial charge is 0.229 e. The van der Waals surface area contributed by atoms with Crippen LogP contribution in [0.4, 0.5) is 0 Å². The molecule has 0 fully saturated rings. The van der Waals surface area contributed by atoms with Gasteiger partial charge in [0.1, 0.15) is 0 Å². The average Bonchev–Trinajstić information content (AvgIpc) is 1.98. The molecule has 0 spiro atoms. The van der Waals surface area contributed by atoms with Gasteiger partial charge < -0.3 is 0 Å². The van der Waals surface area contributed by atoms with Crippen molar-refractivity contribution in [1.82, 2.24) is 0 Å². The van der Waals surface area contributed by atoms with Gasteiger partial charge in [-0.3, -0.25) is 0 Å². The van der Waals surface area contributed by atoms with E-state index in [1.54, 1.807) is 0 Å². The highest BCUT2D eigenvalue weighted by Crippen LogP contribution is 2.05. The highest BCUT2D eigenvalue weighted by molar-refractivity contribution is 7.91. The van der Waals surface area contributed by atoms with Gasteiger partial charge in [-0.15, -0.1) is 13.2 Å². The van der Waals surface area contributed by atoms with E-state index in [2.05, 4.69) is 13.2 Å². The first-order chi connectivity index (χ1) is 5.83. The molecule has 0 saturated carbocycles. The monoisotopic (exact) mass is 202 g/mol. The minimum Gasteiger partial charge on any atom is -0.229 e. The number of sulfone groups is 1. The molecule has 0 rings (SSSR count). The van der Waals surface area contributed by atoms with Crippen molar-refractivity contribution >= 4 is 9.84 Å². The van der Waals surface area contributed by atoms with Crippen molar-refractivity contribution < 1.29 is 8.42 Å². The predicted molar refractivity (Wildman–Crippen MR) is 57.5 cm³/mol. The van der Waals surface area contributed by atoms with Crippen molar-refractivity contribution in [2.75, 3.05) is 11.5 Å². The van der Waals surface area contributed by atoms with Crippen LogP contribution in [0.5, 0.6) is 0 Å². The molecule has 0 aromatic heterocycles. The van der Waals surface area contributed by atoms with Gasteiger partial charge in [0.15, 0.2) is 9.84 Å². The van der Waals surface area contributed by atoms with E-state index in [0.717, 1.165) is 11.1 Å². The molecule has 0 atom stereocenters. The first-order valence-corrected chi connectivity index (χ1v) is 6.15. The molecule has 0 radical (unpaired) electrons. The van der Waals surface area contributed by atoms with Crippen molar-refractivity contribution in [2.45, 2.75) is 26.7 Å². The predicted octanol–water partition coefficient (Wildman–Crippen LogP) is 2.33. The zero-order valence-electron chi connectivity index (χ0n) is 8.47. The Morgan fingerprint density at radius 1 is 1.00 bits per heavy atom. The Morgan fingerprint density at radius 3 is 1.54 bits per heavy atom. The van der Waals surface area contributed by atoms with Gasteiger partial charge in [-0.05, 0) is 26.7 Å². The third-order valence-corrected chi connectivity index (χ3v) is 3.33. The quantitative estimate of drug-likeness (QED) is 0.619. The van der Waals surface area contributed by atoms with Crippen molar-refractivity contribution in [1.29, 1.82) is 0 Å². The maximum Gasteiger partial charge on any atom is 0.150 e. The highest BCUT2D eigenvalue weighted by Gasteiger charge is 2.09. The number of rotatable bonds is 6. The van der Waals surface area contributed by atoms with Crippen LogP contribution in [0.1, 0.15) is 26.7 Å². The molecule has 0 N–H and O–H groups in total. The molecule has 0 aliphatic heterocycles. The lowest BCUT2D eigenvalue weighted by Crippen LogP contribution is -2.11. The lowest BCUT2D eigenvalue weighted by Gasteiger charge is -2.03. The highest BCUT2D eigenvalue weighted by atomic mass is 32.2. The summed E-state index contributed by atoms with van der Waals surface area (Å²) < 4.78 is 22.7. The second-order valence-electron chi connectivity index (χ2n) is 3.57. The van der Waals surface area contributed by atoms with Crippen LogP contribution in [0.15, 0.2) is 24.3 Å². The van der Waals surface area contributed by atoms with Gasteiger partial charge in [-0.2, -0.15) is 0 Å². The van der Waals surface area contributed by atoms with Crippen LogP contribution in [0.25, 0.3) is 0 Å². The van der Waals surface area contributed by atoms with Gasteiger partial charge in [-0.1, -0.05) is 11.1 Å². The Morgan fingerprint density at radius 2 is 1.31 bits per heavy atom. The van der Waals surface area contributed by atoms with E-state index in [9.17, 15) is 8.42 Å². The Balaban J connectivity index is 3.95. The van der Waals surface area contributed by atoms with Crippen molar-refractivity contribution in [3.63, 3.8) is 0 Å². The second kappa shape index (κ2) is 5.22. The van der Waals surface area contributed by atoms with Gasteiger partial charge >= 0.3 is 0 Å². The molecule has 0 bridgehead atoms. The topological polar surface area (TPSA) is 34.1 Å². The van der Waals surface area contributed by atoms with Crippen LogP contribution >= 0.6 is 0 Å². The van der Waals surface area contributed by atoms with Crippen molar-refractivity contribution in [2.24, 2.45) is 0 Å². The van der Waals surface area contributed by atoms with Gasteiger partial charge in [0, 0.05) is 0 Å². The van der Waals surface area contributed by atoms with Gasteiger partial charge in [-0.25, -0.2) is 8.42 Å². The Bertz CT molecular complexity index is 262. The summed E-state index contributed by atoms with van der Waals surface area (Å²) in [5.41, 5.74) is 1.83. The standard InChI is InChI=1S/C10H18O2S/c1-9(2)5-7-13(11,12)8-6-10(3)4/h1,3,5-8H2,2,4H3. The maximum absolute atomic E-state index is 11.4. The summed E-state index contributed by atoms with van der Waals surface area (Å²) in [6.07, 6.45) is 1.14. The van der Waals surface area contributed by atoms with Crippen LogP contribution in [0.2, 0.25) is 0 Å². The van der Waals surface area contributed by atoms with E-state index in [1.807, 2.05) is 13.8 Å². The fraction of sp³-hybridized carbons (Fsp3) is 0.600. The second-order valence-corrected chi connectivity index (χ2v) is 5.87. The average molecular weight is 202 g/mol. The lowest BCUT2D eigenvalue weighted by atomic mass is 10.3. The van der Waals surface area contributed by atoms with Crippen LogP contribution in [-0.4, -0.2) is 19.9 Å². The summed E-state index contributed by atoms with van der Waals surface area (Å²) in [7, 11) is -2.89. The summed E-state index contributed by atoms with van der Waals surface area (Å²) in [6.45, 7) is 11.0. The number of hydrogen-bond acceptors (Lipinski definition) is 2. The minimum atomic E-state index is -2.89. The van der Waals surface area contributed by atoms with Crippen molar-refractivity contribution in [3.8, 4) is 0 Å². The van der Waals surface area contributed by atoms with E-state index in [1.165, 1.54) is 0 Å². The molecule has 0 aromatic carbocycles. The molecule has 3 heteroatoms. The molecular formula is C10H18O2S. The number of allylic oxidation sites excluding steroid dienone is 2. The van der Waals surface area contributed by atoms with Crippen LogP contribution < -0.4 is 0 Å². The Hall–Kier alpha value is -0.570. The van der Waals surface area contributed by atoms with Gasteiger partial charge in [0.05, 0.1) is 11.5 Å². The molecule has 0 aromatic rings. The van der Waals surface area contributed by atoms with E-state index in [-0.39, 0.29) is 11.5 Å². The zero-order chi connectivity index (χ0) is 10.5. The molecule has 0 heterocycles. The first kappa shape index (κ1) is 12.4. The maximum atomic E-state index is 11.4. The van der Waals surface area contributed by atoms with Crippen LogP contribution in [-0.2, 0) is 9.84 Å². The summed E-state index contributed by atoms with van der Waals surface area (Å²) >= 11 is 0. The van der Waals surface area contributed by atoms with Gasteiger partial charge in [0.25, 0.3) is 0 Å². The molecule has 0 aliphatic rings. The molecule has 76 valence electrons. The van der Waals surface area contributed by atoms with Crippen LogP contribution in [0.3, 0.4) is 0 Å². The van der Waals surface area contributed by atoms with E-state index >= 15 is 0 Å². The fourth-order valence-electron chi connectivity index (χ4n) is 0.762. The molecule has 0 unspecified atom stereocenters. The summed E-state index contributed by atoms with van der Waals surface area (Å²) in [5.74, 6) is 0.436. The summed E-state index contributed by atoms with van der Waals surface area (Å²) in [6, 6.07) is 0. The third kappa shape index (κ3) is 7.78. The summed E-state index contributed by atoms with van der Waals surface area (Å²) in [4.78, 5) is 0. The molecular weight excluding hydrogens is 184 g/mol. The zero-order valence-corrected chi connectivity index (χ0v) is 9.28. The molecule has 0 amide bonds. The summed E-state index contributed by atoms with van der Waals surface area (Å²) in [5, 5.41) is 0. The third-order valence-electron chi connectivity index (χ3n) is 1.68. The smallest absolute Gasteiger partial charge is 0.150 e. The SMILES string of the molecule is C=C(C)CCS(=O)(=O)CCC(=C)C. The normalized spacial score (nSPS) is 11.2. The lowest BCUT2D eigenvalue weighted by molar-refractivity contribution is 0.594. The fourth-order valence-corrected chi connectivity index (χ4v) is 2.28. The molecule has 0 saturated heterocycles. The number of hydrogen-bond donors (Lipinski definition) is 0. The minimum absolute atomic E-state index is 0.218. The first-order valence-electron chi connectivity index (χ1n) is 4.32. The molecule has 0 aliphatic carbocycles. The van der Waals surface area contributed by atoms with Crippen molar-refractivity contribution in [3.05, 3.63) is 24.3 Å². The molecule has 2 nitrogen and oxygen atoms in total. The van der Waals surface area contributed by atoms with Gasteiger partial charge in [0.2, 0.25) is 0 Å². The van der Waals surface area contributed by atoms with Crippen LogP contribution in [0, 0.1) is 0 Å².